The van der Waals surface area contributed by atoms with Crippen molar-refractivity contribution in [3.05, 3.63) is 93.0 Å². The Balaban J connectivity index is 1.42. The highest BCUT2D eigenvalue weighted by Crippen LogP contribution is 2.68. The third kappa shape index (κ3) is 6.93. The first kappa shape index (κ1) is 39.3. The van der Waals surface area contributed by atoms with Gasteiger partial charge < -0.3 is 15.8 Å². The van der Waals surface area contributed by atoms with Gasteiger partial charge in [-0.15, -0.1) is 0 Å². The van der Waals surface area contributed by atoms with E-state index >= 15 is 8.78 Å². The predicted octanol–water partition coefficient (Wildman–Crippen LogP) is 5.00. The summed E-state index contributed by atoms with van der Waals surface area (Å²) in [7, 11) is -2.29. The van der Waals surface area contributed by atoms with E-state index in [4.69, 9.17) is 27.1 Å². The second kappa shape index (κ2) is 14.1. The van der Waals surface area contributed by atoms with E-state index in [2.05, 4.69) is 32.1 Å². The van der Waals surface area contributed by atoms with Gasteiger partial charge in [-0.25, -0.2) is 26.9 Å². The SMILES string of the molecule is Cn1nc(NS(C)(=O)=O)c2c(Cl)ccc(-c3ccc(C#C[C@]4(C)CNCCO4)nc3[C@@H](Cc3cc(F)cc(F)c3)C(C(N)=O)n3nc(C#N)c4c3C(F)(F)[C@@H]3C[C@H]43)c21. The number of sulfonamides is 1. The first-order valence-electron chi connectivity index (χ1n) is 18.1. The number of rotatable bonds is 9. The lowest BCUT2D eigenvalue weighted by Gasteiger charge is -2.30. The highest BCUT2D eigenvalue weighted by Gasteiger charge is 2.67. The number of anilines is 1. The lowest BCUT2D eigenvalue weighted by molar-refractivity contribution is -0.122. The Morgan fingerprint density at radius 1 is 1.17 bits per heavy atom. The predicted molar refractivity (Wildman–Crippen MR) is 204 cm³/mol. The Kier molecular flexibility index (Phi) is 9.55. The van der Waals surface area contributed by atoms with Crippen molar-refractivity contribution in [3.8, 4) is 29.0 Å². The monoisotopic (exact) mass is 835 g/mol. The van der Waals surface area contributed by atoms with Crippen LogP contribution >= 0.6 is 11.6 Å². The maximum Gasteiger partial charge on any atom is 0.293 e. The lowest BCUT2D eigenvalue weighted by atomic mass is 9.84. The summed E-state index contributed by atoms with van der Waals surface area (Å²) in [4.78, 5) is 18.8. The largest absolute Gasteiger partial charge is 0.368 e. The van der Waals surface area contributed by atoms with Gasteiger partial charge in [0.1, 0.15) is 40.7 Å². The van der Waals surface area contributed by atoms with Crippen LogP contribution < -0.4 is 15.8 Å². The number of fused-ring (bicyclic) bond motifs is 4. The standard InChI is InChI=1S/C39H34ClF4N9O4S/c1-38(18-47-10-11-57-38)9-8-22-4-5-23(24-6-7-28(40)31-33(24)52(2)50-37(31)51-58(3,55)56)32(48-22)26(14-19-12-20(41)15-21(42)13-19)34(36(46)54)53-35-30(29(17-45)49-53)25-16-27(25)39(35,43)44/h4-7,12-13,15,25-27,34,47H,10-11,14,16,18H2,1-3H3,(H2,46,54)(H,50,51)/t25-,26+,27+,34?,38+/m0/s1. The van der Waals surface area contributed by atoms with E-state index < -0.39 is 75.0 Å². The number of alkyl halides is 2. The molecule has 3 aromatic heterocycles. The molecule has 19 heteroatoms. The Morgan fingerprint density at radius 3 is 2.55 bits per heavy atom. The van der Waals surface area contributed by atoms with Crippen LogP contribution in [-0.2, 0) is 38.9 Å². The van der Waals surface area contributed by atoms with Crippen molar-refractivity contribution in [2.45, 2.75) is 49.2 Å². The van der Waals surface area contributed by atoms with Crippen LogP contribution in [0.5, 0.6) is 0 Å². The molecule has 2 fully saturated rings. The molecule has 5 aromatic rings. The number of aromatic nitrogens is 5. The van der Waals surface area contributed by atoms with Crippen LogP contribution in [0.2, 0.25) is 5.02 Å². The summed E-state index contributed by atoms with van der Waals surface area (Å²) >= 11 is 6.66. The van der Waals surface area contributed by atoms with Gasteiger partial charge in [-0.05, 0) is 67.5 Å². The number of nitrogens with one attached hydrogen (secondary N) is 2. The highest BCUT2D eigenvalue weighted by atomic mass is 35.5. The van der Waals surface area contributed by atoms with E-state index in [0.29, 0.717) is 36.8 Å². The van der Waals surface area contributed by atoms with Gasteiger partial charge in [0, 0.05) is 54.7 Å². The van der Waals surface area contributed by atoms with E-state index in [1.54, 1.807) is 32.2 Å². The molecular formula is C39H34ClF4N9O4S. The number of aryl methyl sites for hydroxylation is 1. The first-order valence-corrected chi connectivity index (χ1v) is 20.3. The molecule has 1 saturated heterocycles. The molecule has 3 aliphatic rings. The molecule has 8 rings (SSSR count). The number of halogens is 5. The molecule has 0 radical (unpaired) electrons. The summed E-state index contributed by atoms with van der Waals surface area (Å²) in [6.45, 7) is 3.21. The number of nitrogens with zero attached hydrogens (tertiary/aromatic N) is 6. The topological polar surface area (TPSA) is 183 Å². The van der Waals surface area contributed by atoms with Gasteiger partial charge in [0.25, 0.3) is 5.92 Å². The van der Waals surface area contributed by atoms with Crippen LogP contribution in [0.15, 0.2) is 42.5 Å². The number of hydrogen-bond donors (Lipinski definition) is 3. The number of benzene rings is 2. The van der Waals surface area contributed by atoms with Crippen LogP contribution in [0.1, 0.15) is 65.1 Å². The van der Waals surface area contributed by atoms with E-state index in [9.17, 15) is 27.3 Å². The van der Waals surface area contributed by atoms with Gasteiger partial charge in [-0.2, -0.15) is 24.2 Å². The number of nitriles is 1. The molecule has 2 aromatic carbocycles. The number of primary amides is 1. The van der Waals surface area contributed by atoms with Gasteiger partial charge in [0.15, 0.2) is 11.5 Å². The molecule has 13 nitrogen and oxygen atoms in total. The number of nitrogens with two attached hydrogens (primary N) is 1. The van der Waals surface area contributed by atoms with Gasteiger partial charge in [-0.1, -0.05) is 23.6 Å². The summed E-state index contributed by atoms with van der Waals surface area (Å²) in [5.41, 5.74) is 5.44. The molecule has 300 valence electrons. The van der Waals surface area contributed by atoms with Crippen LogP contribution in [-0.4, -0.2) is 70.4 Å². The highest BCUT2D eigenvalue weighted by molar-refractivity contribution is 7.92. The minimum absolute atomic E-state index is 0.0183. The molecule has 4 N–H and O–H groups in total. The Labute approximate surface area is 334 Å². The normalized spacial score (nSPS) is 21.6. The van der Waals surface area contributed by atoms with Crippen molar-refractivity contribution in [2.75, 3.05) is 30.7 Å². The quantitative estimate of drug-likeness (QED) is 0.136. The van der Waals surface area contributed by atoms with Gasteiger partial charge in [0.05, 0.1) is 34.5 Å². The van der Waals surface area contributed by atoms with Crippen molar-refractivity contribution in [1.82, 2.24) is 29.9 Å². The zero-order chi connectivity index (χ0) is 41.5. The van der Waals surface area contributed by atoms with Crippen molar-refractivity contribution in [2.24, 2.45) is 18.7 Å². The molecule has 5 atom stereocenters. The van der Waals surface area contributed by atoms with Crippen LogP contribution in [0.25, 0.3) is 22.0 Å². The fraction of sp³-hybridized carbons (Fsp3) is 0.359. The number of pyridine rings is 1. The summed E-state index contributed by atoms with van der Waals surface area (Å²) in [5, 5.41) is 22.2. The number of amides is 1. The fourth-order valence-corrected chi connectivity index (χ4v) is 8.97. The second-order valence-electron chi connectivity index (χ2n) is 15.0. The Hall–Kier alpha value is -5.53. The molecule has 58 heavy (non-hydrogen) atoms. The lowest BCUT2D eigenvalue weighted by Crippen LogP contribution is -2.46. The second-order valence-corrected chi connectivity index (χ2v) is 17.1. The molecule has 2 aliphatic carbocycles. The zero-order valence-electron chi connectivity index (χ0n) is 31.1. The molecule has 1 unspecified atom stereocenters. The minimum atomic E-state index is -3.84. The van der Waals surface area contributed by atoms with Gasteiger partial charge >= 0.3 is 0 Å². The van der Waals surface area contributed by atoms with Crippen molar-refractivity contribution < 1.29 is 35.5 Å². The van der Waals surface area contributed by atoms with E-state index in [-0.39, 0.29) is 56.4 Å². The first-order chi connectivity index (χ1) is 27.4. The molecule has 0 bridgehead atoms. The molecule has 4 heterocycles. The fourth-order valence-electron chi connectivity index (χ4n) is 8.23. The molecule has 1 amide bonds. The number of carbonyl (C=O) groups excluding carboxylic acids is 1. The van der Waals surface area contributed by atoms with E-state index in [1.165, 1.54) is 10.7 Å². The number of carbonyl (C=O) groups is 1. The van der Waals surface area contributed by atoms with E-state index in [0.717, 1.165) is 23.1 Å². The van der Waals surface area contributed by atoms with E-state index in [1.807, 2.05) is 6.07 Å². The van der Waals surface area contributed by atoms with Crippen LogP contribution in [0, 0.1) is 40.7 Å². The van der Waals surface area contributed by atoms with Crippen molar-refractivity contribution >= 4 is 44.3 Å². The number of morpholine rings is 1. The zero-order valence-corrected chi connectivity index (χ0v) is 32.7. The maximum absolute atomic E-state index is 16.2. The Bertz CT molecular complexity index is 2750. The van der Waals surface area contributed by atoms with Crippen LogP contribution in [0.3, 0.4) is 0 Å². The Morgan fingerprint density at radius 2 is 1.90 bits per heavy atom. The average Bonchev–Trinajstić information content (AvgIpc) is 3.69. The maximum atomic E-state index is 16.2. The molecule has 1 saturated carbocycles. The van der Waals surface area contributed by atoms with Gasteiger partial charge in [0.2, 0.25) is 15.9 Å². The number of hydrogen-bond acceptors (Lipinski definition) is 9. The third-order valence-electron chi connectivity index (χ3n) is 10.7. The number of ether oxygens (including phenoxy) is 1. The van der Waals surface area contributed by atoms with Crippen molar-refractivity contribution in [3.63, 3.8) is 0 Å². The van der Waals surface area contributed by atoms with Crippen LogP contribution in [0.4, 0.5) is 23.4 Å². The molecule has 0 spiro atoms. The minimum Gasteiger partial charge on any atom is -0.368 e. The van der Waals surface area contributed by atoms with Gasteiger partial charge in [-0.3, -0.25) is 14.2 Å². The summed E-state index contributed by atoms with van der Waals surface area (Å²) in [6, 6.07) is 9.11. The molecule has 1 aliphatic heterocycles. The molecular weight excluding hydrogens is 802 g/mol. The summed E-state index contributed by atoms with van der Waals surface area (Å²) in [6.07, 6.45) is 0.677. The third-order valence-corrected chi connectivity index (χ3v) is 11.6. The smallest absolute Gasteiger partial charge is 0.293 e. The average molecular weight is 836 g/mol. The summed E-state index contributed by atoms with van der Waals surface area (Å²) in [5.74, 6) is -3.65. The summed E-state index contributed by atoms with van der Waals surface area (Å²) < 4.78 is 97.1. The van der Waals surface area contributed by atoms with Crippen molar-refractivity contribution in [1.29, 1.82) is 5.26 Å².